The van der Waals surface area contributed by atoms with Crippen LogP contribution in [0.3, 0.4) is 0 Å². The van der Waals surface area contributed by atoms with Crippen LogP contribution in [0.15, 0.2) is 29.5 Å². The molecule has 0 saturated carbocycles. The fourth-order valence-electron chi connectivity index (χ4n) is 2.30. The predicted octanol–water partition coefficient (Wildman–Crippen LogP) is 1.43. The van der Waals surface area contributed by atoms with Crippen LogP contribution in [0.2, 0.25) is 0 Å². The van der Waals surface area contributed by atoms with Gasteiger partial charge in [-0.2, -0.15) is 5.10 Å². The third-order valence-electron chi connectivity index (χ3n) is 3.71. The second-order valence-electron chi connectivity index (χ2n) is 5.48. The average molecular weight is 330 g/mol. The fraction of sp³-hybridized carbons (Fsp3) is 0.471. The highest BCUT2D eigenvalue weighted by Crippen LogP contribution is 2.18. The van der Waals surface area contributed by atoms with Crippen molar-refractivity contribution in [2.75, 3.05) is 20.2 Å². The van der Waals surface area contributed by atoms with E-state index in [9.17, 15) is 0 Å². The van der Waals surface area contributed by atoms with E-state index in [1.807, 2.05) is 20.9 Å². The summed E-state index contributed by atoms with van der Waals surface area (Å²) in [7, 11) is 3.57. The molecule has 130 valence electrons. The summed E-state index contributed by atoms with van der Waals surface area (Å²) in [6, 6.07) is 6.30. The molecular weight excluding hydrogens is 304 g/mol. The summed E-state index contributed by atoms with van der Waals surface area (Å²) in [5.74, 6) is 2.53. The van der Waals surface area contributed by atoms with Gasteiger partial charge in [-0.25, -0.2) is 9.98 Å². The van der Waals surface area contributed by atoms with Crippen LogP contribution < -0.4 is 15.4 Å². The first-order valence-electron chi connectivity index (χ1n) is 8.12. The van der Waals surface area contributed by atoms with Gasteiger partial charge in [0.1, 0.15) is 24.4 Å². The lowest BCUT2D eigenvalue weighted by atomic mass is 10.1. The maximum absolute atomic E-state index is 5.37. The fourth-order valence-corrected chi connectivity index (χ4v) is 2.30. The number of aliphatic imine (C=N–C) groups is 1. The minimum atomic E-state index is 0.490. The molecule has 2 aromatic rings. The molecule has 0 amide bonds. The van der Waals surface area contributed by atoms with Crippen molar-refractivity contribution in [2.45, 2.75) is 26.8 Å². The van der Waals surface area contributed by atoms with Crippen molar-refractivity contribution in [3.8, 4) is 5.75 Å². The zero-order valence-electron chi connectivity index (χ0n) is 14.8. The Balaban J connectivity index is 1.90. The highest BCUT2D eigenvalue weighted by Gasteiger charge is 2.03. The van der Waals surface area contributed by atoms with Crippen molar-refractivity contribution in [1.82, 2.24) is 25.4 Å². The van der Waals surface area contributed by atoms with Gasteiger partial charge in [0.15, 0.2) is 5.96 Å². The molecule has 1 aromatic heterocycles. The van der Waals surface area contributed by atoms with Crippen molar-refractivity contribution in [3.63, 3.8) is 0 Å². The van der Waals surface area contributed by atoms with E-state index in [-0.39, 0.29) is 0 Å². The number of aromatic nitrogens is 3. The quantitative estimate of drug-likeness (QED) is 0.593. The molecule has 0 aliphatic rings. The Bertz CT molecular complexity index is 679. The van der Waals surface area contributed by atoms with Gasteiger partial charge in [-0.15, -0.1) is 0 Å². The first-order valence-corrected chi connectivity index (χ1v) is 8.12. The molecule has 0 radical (unpaired) electrons. The SMILES string of the molecule is CCNC(=NCc1ncnn1C)NCCc1ccc(C)c(OC)c1. The topological polar surface area (TPSA) is 76.4 Å². The molecule has 24 heavy (non-hydrogen) atoms. The number of rotatable bonds is 7. The Morgan fingerprint density at radius 2 is 2.17 bits per heavy atom. The number of nitrogens with one attached hydrogen (secondary N) is 2. The van der Waals surface area contributed by atoms with E-state index >= 15 is 0 Å². The monoisotopic (exact) mass is 330 g/mol. The van der Waals surface area contributed by atoms with E-state index in [1.54, 1.807) is 11.8 Å². The van der Waals surface area contributed by atoms with Gasteiger partial charge in [-0.1, -0.05) is 12.1 Å². The van der Waals surface area contributed by atoms with Crippen LogP contribution in [0.25, 0.3) is 0 Å². The molecule has 1 aromatic carbocycles. The highest BCUT2D eigenvalue weighted by molar-refractivity contribution is 5.79. The van der Waals surface area contributed by atoms with Crippen LogP contribution in [0, 0.1) is 6.92 Å². The zero-order chi connectivity index (χ0) is 17.4. The number of benzene rings is 1. The van der Waals surface area contributed by atoms with Gasteiger partial charge in [0.2, 0.25) is 0 Å². The van der Waals surface area contributed by atoms with E-state index in [1.165, 1.54) is 11.9 Å². The maximum Gasteiger partial charge on any atom is 0.191 e. The van der Waals surface area contributed by atoms with Gasteiger partial charge in [-0.05, 0) is 37.5 Å². The third-order valence-corrected chi connectivity index (χ3v) is 3.71. The van der Waals surface area contributed by atoms with Crippen molar-refractivity contribution in [1.29, 1.82) is 0 Å². The molecule has 0 spiro atoms. The van der Waals surface area contributed by atoms with Crippen LogP contribution in [0.1, 0.15) is 23.9 Å². The van der Waals surface area contributed by atoms with Crippen LogP contribution in [0.5, 0.6) is 5.75 Å². The lowest BCUT2D eigenvalue weighted by molar-refractivity contribution is 0.411. The molecule has 7 heteroatoms. The average Bonchev–Trinajstić information content (AvgIpc) is 2.99. The Labute approximate surface area is 143 Å². The van der Waals surface area contributed by atoms with Gasteiger partial charge < -0.3 is 15.4 Å². The molecule has 1 heterocycles. The van der Waals surface area contributed by atoms with Crippen LogP contribution in [-0.2, 0) is 20.0 Å². The number of guanidine groups is 1. The van der Waals surface area contributed by atoms with E-state index in [2.05, 4.69) is 43.9 Å². The third kappa shape index (κ3) is 4.97. The molecule has 0 fully saturated rings. The zero-order valence-corrected chi connectivity index (χ0v) is 14.8. The molecule has 2 rings (SSSR count). The molecular formula is C17H26N6O. The van der Waals surface area contributed by atoms with Crippen molar-refractivity contribution in [2.24, 2.45) is 12.0 Å². The number of ether oxygens (including phenoxy) is 1. The smallest absolute Gasteiger partial charge is 0.191 e. The van der Waals surface area contributed by atoms with Crippen LogP contribution >= 0.6 is 0 Å². The second kappa shape index (κ2) is 8.90. The van der Waals surface area contributed by atoms with Crippen molar-refractivity contribution < 1.29 is 4.74 Å². The first kappa shape index (κ1) is 17.8. The Hall–Kier alpha value is -2.57. The molecule has 2 N–H and O–H groups in total. The van der Waals surface area contributed by atoms with E-state index < -0.39 is 0 Å². The summed E-state index contributed by atoms with van der Waals surface area (Å²) < 4.78 is 7.10. The molecule has 0 saturated heterocycles. The Morgan fingerprint density at radius 1 is 1.33 bits per heavy atom. The summed E-state index contributed by atoms with van der Waals surface area (Å²) in [6.45, 7) is 6.18. The van der Waals surface area contributed by atoms with Gasteiger partial charge in [-0.3, -0.25) is 4.68 Å². The summed E-state index contributed by atoms with van der Waals surface area (Å²) in [6.07, 6.45) is 2.43. The molecule has 7 nitrogen and oxygen atoms in total. The number of methoxy groups -OCH3 is 1. The van der Waals surface area contributed by atoms with E-state index in [4.69, 9.17) is 4.74 Å². The largest absolute Gasteiger partial charge is 0.496 e. The summed E-state index contributed by atoms with van der Waals surface area (Å²) >= 11 is 0. The van der Waals surface area contributed by atoms with Gasteiger partial charge >= 0.3 is 0 Å². The standard InChI is InChI=1S/C17H26N6O/c1-5-18-17(20-11-16-21-12-22-23(16)3)19-9-8-14-7-6-13(2)15(10-14)24-4/h6-7,10,12H,5,8-9,11H2,1-4H3,(H2,18,19,20). The number of hydrogen-bond acceptors (Lipinski definition) is 4. The summed E-state index contributed by atoms with van der Waals surface area (Å²) in [5.41, 5.74) is 2.38. The molecule has 0 atom stereocenters. The number of hydrogen-bond donors (Lipinski definition) is 2. The minimum absolute atomic E-state index is 0.490. The normalized spacial score (nSPS) is 11.4. The Morgan fingerprint density at radius 3 is 2.83 bits per heavy atom. The number of aryl methyl sites for hydroxylation is 2. The predicted molar refractivity (Wildman–Crippen MR) is 95.3 cm³/mol. The van der Waals surface area contributed by atoms with E-state index in [0.717, 1.165) is 42.6 Å². The lowest BCUT2D eigenvalue weighted by Crippen LogP contribution is -2.38. The van der Waals surface area contributed by atoms with Crippen molar-refractivity contribution in [3.05, 3.63) is 41.5 Å². The van der Waals surface area contributed by atoms with Gasteiger partial charge in [0.25, 0.3) is 0 Å². The molecule has 0 aliphatic carbocycles. The van der Waals surface area contributed by atoms with Crippen molar-refractivity contribution >= 4 is 5.96 Å². The summed E-state index contributed by atoms with van der Waals surface area (Å²) in [5, 5.41) is 10.6. The van der Waals surface area contributed by atoms with Crippen LogP contribution in [0.4, 0.5) is 0 Å². The molecule has 0 aliphatic heterocycles. The highest BCUT2D eigenvalue weighted by atomic mass is 16.5. The number of nitrogens with zero attached hydrogens (tertiary/aromatic N) is 4. The second-order valence-corrected chi connectivity index (χ2v) is 5.48. The summed E-state index contributed by atoms with van der Waals surface area (Å²) in [4.78, 5) is 8.72. The first-order chi connectivity index (χ1) is 11.6. The van der Waals surface area contributed by atoms with Gasteiger partial charge in [0.05, 0.1) is 7.11 Å². The van der Waals surface area contributed by atoms with Gasteiger partial charge in [0, 0.05) is 20.1 Å². The van der Waals surface area contributed by atoms with Crippen LogP contribution in [-0.4, -0.2) is 40.9 Å². The lowest BCUT2D eigenvalue weighted by Gasteiger charge is -2.12. The molecule has 0 unspecified atom stereocenters. The Kier molecular flexibility index (Phi) is 6.60. The maximum atomic E-state index is 5.37. The molecule has 0 bridgehead atoms. The minimum Gasteiger partial charge on any atom is -0.496 e. The van der Waals surface area contributed by atoms with E-state index in [0.29, 0.717) is 6.54 Å².